The van der Waals surface area contributed by atoms with Crippen molar-refractivity contribution < 1.29 is 0 Å². The first-order chi connectivity index (χ1) is 5.31. The van der Waals surface area contributed by atoms with Gasteiger partial charge in [-0.2, -0.15) is 0 Å². The first-order valence-electron chi connectivity index (χ1n) is 4.98. The van der Waals surface area contributed by atoms with E-state index < -0.39 is 0 Å². The maximum Gasteiger partial charge on any atom is -0.0179 e. The highest BCUT2D eigenvalue weighted by atomic mass is 14.4. The van der Waals surface area contributed by atoms with Crippen LogP contribution in [0.2, 0.25) is 0 Å². The summed E-state index contributed by atoms with van der Waals surface area (Å²) in [7, 11) is 0. The summed E-state index contributed by atoms with van der Waals surface area (Å²) in [6.07, 6.45) is 13.5. The van der Waals surface area contributed by atoms with Crippen molar-refractivity contribution in [3.05, 3.63) is 12.2 Å². The minimum atomic E-state index is 0.688. The molecule has 0 aromatic carbocycles. The van der Waals surface area contributed by atoms with Crippen molar-refractivity contribution in [2.45, 2.75) is 45.4 Å². The molecule has 62 valence electrons. The van der Waals surface area contributed by atoms with E-state index >= 15 is 0 Å². The number of hydrogen-bond acceptors (Lipinski definition) is 0. The van der Waals surface area contributed by atoms with Gasteiger partial charge in [0.15, 0.2) is 0 Å². The highest BCUT2D eigenvalue weighted by Gasteiger charge is 2.35. The maximum absolute atomic E-state index is 2.49. The van der Waals surface area contributed by atoms with Gasteiger partial charge < -0.3 is 0 Å². The molecule has 1 fully saturated rings. The summed E-state index contributed by atoms with van der Waals surface area (Å²) < 4.78 is 0. The van der Waals surface area contributed by atoms with Gasteiger partial charge in [-0.25, -0.2) is 0 Å². The van der Waals surface area contributed by atoms with Crippen LogP contribution < -0.4 is 0 Å². The zero-order chi connectivity index (χ0) is 7.73. The fourth-order valence-corrected chi connectivity index (χ4v) is 2.74. The molecule has 2 aliphatic carbocycles. The maximum atomic E-state index is 2.49. The monoisotopic (exact) mass is 150 g/mol. The Morgan fingerprint density at radius 2 is 2.18 bits per heavy atom. The highest BCUT2D eigenvalue weighted by molar-refractivity contribution is 5.03. The molecule has 0 unspecified atom stereocenters. The van der Waals surface area contributed by atoms with E-state index in [1.807, 2.05) is 0 Å². The largest absolute Gasteiger partial charge is 0.0882 e. The molecule has 0 aliphatic heterocycles. The van der Waals surface area contributed by atoms with E-state index in [1.54, 1.807) is 0 Å². The lowest BCUT2D eigenvalue weighted by Crippen LogP contribution is -2.31. The predicted molar refractivity (Wildman–Crippen MR) is 48.4 cm³/mol. The van der Waals surface area contributed by atoms with E-state index in [4.69, 9.17) is 0 Å². The second kappa shape index (κ2) is 2.66. The summed E-state index contributed by atoms with van der Waals surface area (Å²) in [5, 5.41) is 0. The fraction of sp³-hybridized carbons (Fsp3) is 0.818. The summed E-state index contributed by atoms with van der Waals surface area (Å²) in [4.78, 5) is 0. The predicted octanol–water partition coefficient (Wildman–Crippen LogP) is 3.53. The van der Waals surface area contributed by atoms with Crippen molar-refractivity contribution in [1.29, 1.82) is 0 Å². The zero-order valence-electron chi connectivity index (χ0n) is 7.47. The lowest BCUT2D eigenvalue weighted by atomic mass is 9.63. The second-order valence-corrected chi connectivity index (χ2v) is 4.47. The molecule has 1 saturated carbocycles. The molecule has 0 aromatic rings. The van der Waals surface area contributed by atoms with Gasteiger partial charge in [-0.1, -0.05) is 31.9 Å². The van der Waals surface area contributed by atoms with Gasteiger partial charge in [-0.05, 0) is 37.0 Å². The van der Waals surface area contributed by atoms with Crippen LogP contribution >= 0.6 is 0 Å². The summed E-state index contributed by atoms with van der Waals surface area (Å²) in [6.45, 7) is 2.49. The first-order valence-corrected chi connectivity index (χ1v) is 4.98. The molecule has 11 heavy (non-hydrogen) atoms. The van der Waals surface area contributed by atoms with Crippen molar-refractivity contribution >= 4 is 0 Å². The van der Waals surface area contributed by atoms with Gasteiger partial charge in [0.05, 0.1) is 0 Å². The van der Waals surface area contributed by atoms with Gasteiger partial charge in [-0.15, -0.1) is 0 Å². The number of hydrogen-bond donors (Lipinski definition) is 0. The summed E-state index contributed by atoms with van der Waals surface area (Å²) in [5.74, 6) is 0.921. The van der Waals surface area contributed by atoms with Crippen LogP contribution in [-0.2, 0) is 0 Å². The zero-order valence-corrected chi connectivity index (χ0v) is 7.47. The minimum absolute atomic E-state index is 0.688. The van der Waals surface area contributed by atoms with Crippen LogP contribution in [0.25, 0.3) is 0 Å². The van der Waals surface area contributed by atoms with Crippen LogP contribution in [0.5, 0.6) is 0 Å². The Hall–Kier alpha value is -0.260. The summed E-state index contributed by atoms with van der Waals surface area (Å²) in [6, 6.07) is 0. The Labute approximate surface area is 69.7 Å². The van der Waals surface area contributed by atoms with Crippen molar-refractivity contribution in [1.82, 2.24) is 0 Å². The lowest BCUT2D eigenvalue weighted by Gasteiger charge is -2.42. The smallest absolute Gasteiger partial charge is 0.0179 e. The summed E-state index contributed by atoms with van der Waals surface area (Å²) >= 11 is 0. The molecule has 0 aromatic heterocycles. The van der Waals surface area contributed by atoms with E-state index in [1.165, 1.54) is 38.5 Å². The quantitative estimate of drug-likeness (QED) is 0.463. The second-order valence-electron chi connectivity index (χ2n) is 4.47. The molecule has 2 aliphatic rings. The van der Waals surface area contributed by atoms with E-state index in [9.17, 15) is 0 Å². The topological polar surface area (TPSA) is 0 Å². The average molecular weight is 150 g/mol. The number of rotatable bonds is 0. The molecule has 0 heterocycles. The highest BCUT2D eigenvalue weighted by Crippen LogP contribution is 2.47. The van der Waals surface area contributed by atoms with Crippen LogP contribution in [0.1, 0.15) is 45.4 Å². The molecule has 0 heteroatoms. The van der Waals surface area contributed by atoms with Gasteiger partial charge in [0.25, 0.3) is 0 Å². The Morgan fingerprint density at radius 1 is 1.27 bits per heavy atom. The third-order valence-electron chi connectivity index (χ3n) is 3.66. The molecule has 2 atom stereocenters. The normalized spacial score (nSPS) is 43.5. The molecular weight excluding hydrogens is 132 g/mol. The first kappa shape index (κ1) is 7.39. The Morgan fingerprint density at radius 3 is 3.00 bits per heavy atom. The van der Waals surface area contributed by atoms with Crippen LogP contribution in [0.4, 0.5) is 0 Å². The Kier molecular flexibility index (Phi) is 1.78. The standard InChI is InChI=1S/C11H18/c1-11-8-4-2-6-10(11)7-3-5-9-11/h2,6,10H,3-5,7-9H2,1H3/t10-,11+/m1/s1. The SMILES string of the molecule is C[C@@]12CCC=C[C@@H]1CCCC2. The molecule has 0 nitrogen and oxygen atoms in total. The van der Waals surface area contributed by atoms with Crippen LogP contribution in [-0.4, -0.2) is 0 Å². The van der Waals surface area contributed by atoms with E-state index in [0.717, 1.165) is 5.92 Å². The minimum Gasteiger partial charge on any atom is -0.0882 e. The number of fused-ring (bicyclic) bond motifs is 1. The van der Waals surface area contributed by atoms with E-state index in [-0.39, 0.29) is 0 Å². The van der Waals surface area contributed by atoms with Crippen LogP contribution in [0.15, 0.2) is 12.2 Å². The van der Waals surface area contributed by atoms with Crippen molar-refractivity contribution in [3.63, 3.8) is 0 Å². The Bertz CT molecular complexity index is 169. The molecule has 0 saturated heterocycles. The van der Waals surface area contributed by atoms with Crippen molar-refractivity contribution in [2.24, 2.45) is 11.3 Å². The van der Waals surface area contributed by atoms with Gasteiger partial charge >= 0.3 is 0 Å². The van der Waals surface area contributed by atoms with Crippen LogP contribution in [0, 0.1) is 11.3 Å². The lowest BCUT2D eigenvalue weighted by molar-refractivity contribution is 0.132. The molecule has 0 N–H and O–H groups in total. The third-order valence-corrected chi connectivity index (χ3v) is 3.66. The van der Waals surface area contributed by atoms with Crippen LogP contribution in [0.3, 0.4) is 0 Å². The average Bonchev–Trinajstić information content (AvgIpc) is 2.03. The molecule has 0 radical (unpaired) electrons. The molecule has 2 rings (SSSR count). The van der Waals surface area contributed by atoms with Gasteiger partial charge in [0.2, 0.25) is 0 Å². The molecule has 0 bridgehead atoms. The van der Waals surface area contributed by atoms with Crippen molar-refractivity contribution in [2.75, 3.05) is 0 Å². The third kappa shape index (κ3) is 1.23. The van der Waals surface area contributed by atoms with Gasteiger partial charge in [-0.3, -0.25) is 0 Å². The molecule has 0 spiro atoms. The van der Waals surface area contributed by atoms with Crippen molar-refractivity contribution in [3.8, 4) is 0 Å². The van der Waals surface area contributed by atoms with Gasteiger partial charge in [0, 0.05) is 0 Å². The Balaban J connectivity index is 2.16. The van der Waals surface area contributed by atoms with E-state index in [2.05, 4.69) is 19.1 Å². The fourth-order valence-electron chi connectivity index (χ4n) is 2.74. The van der Waals surface area contributed by atoms with Gasteiger partial charge in [0.1, 0.15) is 0 Å². The van der Waals surface area contributed by atoms with E-state index in [0.29, 0.717) is 5.41 Å². The molecule has 0 amide bonds. The molecular formula is C11H18. The number of allylic oxidation sites excluding steroid dienone is 2. The summed E-state index contributed by atoms with van der Waals surface area (Å²) in [5.41, 5.74) is 0.688.